The lowest BCUT2D eigenvalue weighted by molar-refractivity contribution is -0.148. The molecule has 4 heteroatoms. The summed E-state index contributed by atoms with van der Waals surface area (Å²) in [6, 6.07) is 10.0. The molecule has 0 bridgehead atoms. The lowest BCUT2D eigenvalue weighted by Gasteiger charge is -2.26. The molecule has 4 nitrogen and oxygen atoms in total. The number of aliphatic carboxylic acids is 1. The van der Waals surface area contributed by atoms with Crippen LogP contribution in [0.1, 0.15) is 24.8 Å². The second kappa shape index (κ2) is 4.94. The molecule has 1 aromatic rings. The molecule has 0 unspecified atom stereocenters. The molecular formula is C15H19NO3. The zero-order valence-corrected chi connectivity index (χ0v) is 10.9. The maximum absolute atomic E-state index is 11.5. The summed E-state index contributed by atoms with van der Waals surface area (Å²) in [4.78, 5) is 13.6. The molecule has 2 atom stereocenters. The van der Waals surface area contributed by atoms with Crippen LogP contribution in [0.2, 0.25) is 0 Å². The van der Waals surface area contributed by atoms with Crippen molar-refractivity contribution in [2.24, 2.45) is 0 Å². The topological polar surface area (TPSA) is 49.8 Å². The zero-order chi connectivity index (χ0) is 13.3. The minimum atomic E-state index is -0.684. The van der Waals surface area contributed by atoms with Crippen LogP contribution >= 0.6 is 0 Å². The van der Waals surface area contributed by atoms with E-state index >= 15 is 0 Å². The molecule has 19 heavy (non-hydrogen) atoms. The van der Waals surface area contributed by atoms with Gasteiger partial charge >= 0.3 is 5.97 Å². The summed E-state index contributed by atoms with van der Waals surface area (Å²) in [7, 11) is 0. The van der Waals surface area contributed by atoms with E-state index in [-0.39, 0.29) is 6.10 Å². The third-order valence-corrected chi connectivity index (χ3v) is 4.34. The number of carbonyl (C=O) groups is 1. The van der Waals surface area contributed by atoms with E-state index in [1.54, 1.807) is 0 Å². The largest absolute Gasteiger partial charge is 0.480 e. The molecule has 0 spiro atoms. The van der Waals surface area contributed by atoms with Crippen LogP contribution in [0.25, 0.3) is 0 Å². The Hall–Kier alpha value is -1.39. The monoisotopic (exact) mass is 261 g/mol. The van der Waals surface area contributed by atoms with Gasteiger partial charge < -0.3 is 9.84 Å². The van der Waals surface area contributed by atoms with Gasteiger partial charge in [-0.15, -0.1) is 0 Å². The van der Waals surface area contributed by atoms with Crippen LogP contribution in [0.15, 0.2) is 30.3 Å². The first-order valence-electron chi connectivity index (χ1n) is 6.85. The third-order valence-electron chi connectivity index (χ3n) is 4.34. The zero-order valence-electron chi connectivity index (χ0n) is 10.9. The Bertz CT molecular complexity index is 462. The van der Waals surface area contributed by atoms with E-state index in [2.05, 4.69) is 4.90 Å². The Balaban J connectivity index is 1.62. The van der Waals surface area contributed by atoms with Gasteiger partial charge in [-0.1, -0.05) is 30.3 Å². The minimum Gasteiger partial charge on any atom is -0.480 e. The van der Waals surface area contributed by atoms with Gasteiger partial charge in [0, 0.05) is 13.0 Å². The van der Waals surface area contributed by atoms with Crippen molar-refractivity contribution in [1.29, 1.82) is 0 Å². The number of rotatable bonds is 4. The number of hydrogen-bond acceptors (Lipinski definition) is 3. The normalized spacial score (nSPS) is 30.4. The summed E-state index contributed by atoms with van der Waals surface area (Å²) in [5.74, 6) is -0.684. The maximum Gasteiger partial charge on any atom is 0.324 e. The summed E-state index contributed by atoms with van der Waals surface area (Å²) < 4.78 is 5.90. The number of fused-ring (bicyclic) bond motifs is 1. The van der Waals surface area contributed by atoms with Gasteiger partial charge in [0.05, 0.1) is 12.7 Å². The molecule has 1 aromatic carbocycles. The van der Waals surface area contributed by atoms with Crippen LogP contribution < -0.4 is 0 Å². The highest BCUT2D eigenvalue weighted by Gasteiger charge is 2.54. The van der Waals surface area contributed by atoms with Crippen LogP contribution in [-0.4, -0.2) is 40.7 Å². The number of hydrogen-bond donors (Lipinski definition) is 1. The summed E-state index contributed by atoms with van der Waals surface area (Å²) >= 11 is 0. The van der Waals surface area contributed by atoms with E-state index in [0.29, 0.717) is 13.0 Å². The first-order valence-corrected chi connectivity index (χ1v) is 6.85. The SMILES string of the molecule is O=C(O)[C@]12CCCN1C[C@H](OCc1ccccc1)C2. The van der Waals surface area contributed by atoms with Crippen molar-refractivity contribution in [3.05, 3.63) is 35.9 Å². The number of benzene rings is 1. The summed E-state index contributed by atoms with van der Waals surface area (Å²) in [5.41, 5.74) is 0.486. The van der Waals surface area contributed by atoms with Gasteiger partial charge in [-0.3, -0.25) is 9.69 Å². The number of nitrogens with zero attached hydrogens (tertiary/aromatic N) is 1. The van der Waals surface area contributed by atoms with Crippen molar-refractivity contribution in [2.45, 2.75) is 37.5 Å². The van der Waals surface area contributed by atoms with Gasteiger partial charge in [0.2, 0.25) is 0 Å². The average molecular weight is 261 g/mol. The van der Waals surface area contributed by atoms with Crippen molar-refractivity contribution < 1.29 is 14.6 Å². The van der Waals surface area contributed by atoms with Crippen molar-refractivity contribution >= 4 is 5.97 Å². The van der Waals surface area contributed by atoms with Gasteiger partial charge in [0.15, 0.2) is 0 Å². The van der Waals surface area contributed by atoms with Crippen molar-refractivity contribution in [2.75, 3.05) is 13.1 Å². The fraction of sp³-hybridized carbons (Fsp3) is 0.533. The van der Waals surface area contributed by atoms with Gasteiger partial charge in [0.1, 0.15) is 5.54 Å². The van der Waals surface area contributed by atoms with E-state index in [1.165, 1.54) is 0 Å². The van der Waals surface area contributed by atoms with Crippen LogP contribution in [-0.2, 0) is 16.1 Å². The summed E-state index contributed by atoms with van der Waals surface area (Å²) in [6.45, 7) is 2.20. The average Bonchev–Trinajstić information content (AvgIpc) is 2.95. The molecule has 0 aliphatic carbocycles. The lowest BCUT2D eigenvalue weighted by atomic mass is 9.93. The molecular weight excluding hydrogens is 242 g/mol. The molecule has 2 aliphatic heterocycles. The maximum atomic E-state index is 11.5. The van der Waals surface area contributed by atoms with Crippen molar-refractivity contribution in [3.63, 3.8) is 0 Å². The highest BCUT2D eigenvalue weighted by atomic mass is 16.5. The molecule has 0 aromatic heterocycles. The molecule has 0 amide bonds. The van der Waals surface area contributed by atoms with Crippen LogP contribution in [0.5, 0.6) is 0 Å². The number of ether oxygens (including phenoxy) is 1. The first kappa shape index (κ1) is 12.6. The standard InChI is InChI=1S/C15H19NO3/c17-14(18)15-7-4-8-16(15)10-13(9-15)19-11-12-5-2-1-3-6-12/h1-3,5-6,13H,4,7-11H2,(H,17,18)/t13-,15-/m1/s1. The fourth-order valence-electron chi connectivity index (χ4n) is 3.35. The first-order chi connectivity index (χ1) is 9.21. The van der Waals surface area contributed by atoms with E-state index in [1.807, 2.05) is 30.3 Å². The van der Waals surface area contributed by atoms with Crippen LogP contribution in [0, 0.1) is 0 Å². The van der Waals surface area contributed by atoms with E-state index in [9.17, 15) is 9.90 Å². The molecule has 2 aliphatic rings. The Labute approximate surface area is 113 Å². The Morgan fingerprint density at radius 2 is 2.21 bits per heavy atom. The van der Waals surface area contributed by atoms with Crippen molar-refractivity contribution in [3.8, 4) is 0 Å². The van der Waals surface area contributed by atoms with E-state index < -0.39 is 11.5 Å². The van der Waals surface area contributed by atoms with Gasteiger partial charge in [-0.25, -0.2) is 0 Å². The predicted molar refractivity (Wildman–Crippen MR) is 70.8 cm³/mol. The smallest absolute Gasteiger partial charge is 0.324 e. The second-order valence-corrected chi connectivity index (χ2v) is 5.51. The van der Waals surface area contributed by atoms with E-state index in [4.69, 9.17) is 4.74 Å². The lowest BCUT2D eigenvalue weighted by Crippen LogP contribution is -2.45. The molecule has 2 heterocycles. The molecule has 0 radical (unpaired) electrons. The molecule has 3 rings (SSSR count). The fourth-order valence-corrected chi connectivity index (χ4v) is 3.35. The highest BCUT2D eigenvalue weighted by molar-refractivity contribution is 5.79. The number of carboxylic acids is 1. The Morgan fingerprint density at radius 1 is 1.42 bits per heavy atom. The number of carboxylic acid groups (broad SMARTS) is 1. The van der Waals surface area contributed by atoms with Gasteiger partial charge in [0.25, 0.3) is 0 Å². The van der Waals surface area contributed by atoms with E-state index in [0.717, 1.165) is 31.5 Å². The predicted octanol–water partition coefficient (Wildman–Crippen LogP) is 1.89. The third kappa shape index (κ3) is 2.26. The molecule has 0 saturated carbocycles. The van der Waals surface area contributed by atoms with Crippen LogP contribution in [0.4, 0.5) is 0 Å². The summed E-state index contributed by atoms with van der Waals surface area (Å²) in [6.07, 6.45) is 2.40. The van der Waals surface area contributed by atoms with Gasteiger partial charge in [-0.2, -0.15) is 0 Å². The molecule has 2 saturated heterocycles. The summed E-state index contributed by atoms with van der Waals surface area (Å²) in [5, 5.41) is 9.48. The minimum absolute atomic E-state index is 0.0385. The van der Waals surface area contributed by atoms with Gasteiger partial charge in [-0.05, 0) is 24.9 Å². The van der Waals surface area contributed by atoms with Crippen molar-refractivity contribution in [1.82, 2.24) is 4.90 Å². The molecule has 102 valence electrons. The Morgan fingerprint density at radius 3 is 2.89 bits per heavy atom. The molecule has 2 fully saturated rings. The second-order valence-electron chi connectivity index (χ2n) is 5.51. The van der Waals surface area contributed by atoms with Crippen LogP contribution in [0.3, 0.4) is 0 Å². The Kier molecular flexibility index (Phi) is 3.29. The molecule has 1 N–H and O–H groups in total. The highest BCUT2D eigenvalue weighted by Crippen LogP contribution is 2.40. The quantitative estimate of drug-likeness (QED) is 0.899.